The molecular formula is C17H27Cl2N3O2. The topological polar surface area (TPSA) is 70.2 Å². The summed E-state index contributed by atoms with van der Waals surface area (Å²) in [5.74, 6) is -0.477. The Morgan fingerprint density at radius 2 is 1.92 bits per heavy atom. The molecule has 7 heteroatoms. The molecule has 24 heavy (non-hydrogen) atoms. The van der Waals surface area contributed by atoms with E-state index >= 15 is 0 Å². The molecule has 1 aromatic carbocycles. The predicted octanol–water partition coefficient (Wildman–Crippen LogP) is 3.47. The van der Waals surface area contributed by atoms with Crippen molar-refractivity contribution in [3.05, 3.63) is 28.8 Å². The van der Waals surface area contributed by atoms with Gasteiger partial charge in [-0.25, -0.2) is 0 Å². The highest BCUT2D eigenvalue weighted by molar-refractivity contribution is 6.34. The molecule has 2 amide bonds. The van der Waals surface area contributed by atoms with E-state index in [-0.39, 0.29) is 35.7 Å². The van der Waals surface area contributed by atoms with Crippen LogP contribution in [0.4, 0.5) is 5.69 Å². The number of carbonyl (C=O) groups excluding carboxylic acids is 2. The molecule has 1 aromatic rings. The maximum absolute atomic E-state index is 12.3. The number of nitrogens with one attached hydrogen (secondary N) is 3. The van der Waals surface area contributed by atoms with E-state index in [1.165, 1.54) is 0 Å². The summed E-state index contributed by atoms with van der Waals surface area (Å²) in [7, 11) is 1.80. The molecule has 1 rings (SSSR count). The van der Waals surface area contributed by atoms with E-state index < -0.39 is 0 Å². The molecule has 0 aliphatic heterocycles. The zero-order valence-corrected chi connectivity index (χ0v) is 16.4. The Kier molecular flexibility index (Phi) is 9.33. The third-order valence-electron chi connectivity index (χ3n) is 3.77. The molecule has 0 aromatic heterocycles. The summed E-state index contributed by atoms with van der Waals surface area (Å²) >= 11 is 6.20. The first-order valence-electron chi connectivity index (χ1n) is 7.77. The first-order valence-corrected chi connectivity index (χ1v) is 8.15. The van der Waals surface area contributed by atoms with Crippen LogP contribution >= 0.6 is 24.0 Å². The summed E-state index contributed by atoms with van der Waals surface area (Å²) in [5, 5.41) is 9.01. The monoisotopic (exact) mass is 375 g/mol. The zero-order valence-electron chi connectivity index (χ0n) is 14.8. The number of halogens is 2. The molecule has 1 unspecified atom stereocenters. The average molecular weight is 376 g/mol. The van der Waals surface area contributed by atoms with Gasteiger partial charge >= 0.3 is 0 Å². The van der Waals surface area contributed by atoms with Crippen LogP contribution in [0.3, 0.4) is 0 Å². The summed E-state index contributed by atoms with van der Waals surface area (Å²) in [5.41, 5.74) is 0.680. The number of amides is 2. The first kappa shape index (κ1) is 22.7. The number of carbonyl (C=O) groups is 2. The SMILES string of the molecule is CCC(C)(C)NC(=O)c1ccc(NC(=O)C(C)CNC)cc1Cl.Cl. The smallest absolute Gasteiger partial charge is 0.253 e. The lowest BCUT2D eigenvalue weighted by molar-refractivity contribution is -0.119. The van der Waals surface area contributed by atoms with Crippen molar-refractivity contribution in [1.29, 1.82) is 0 Å². The summed E-state index contributed by atoms with van der Waals surface area (Å²) in [6.45, 7) is 8.34. The maximum atomic E-state index is 12.3. The van der Waals surface area contributed by atoms with E-state index in [0.717, 1.165) is 6.42 Å². The Hall–Kier alpha value is -1.30. The van der Waals surface area contributed by atoms with Crippen molar-refractivity contribution >= 4 is 41.5 Å². The second kappa shape index (κ2) is 9.87. The van der Waals surface area contributed by atoms with Crippen LogP contribution in [0.1, 0.15) is 44.5 Å². The van der Waals surface area contributed by atoms with Crippen LogP contribution in [0.5, 0.6) is 0 Å². The maximum Gasteiger partial charge on any atom is 0.253 e. The summed E-state index contributed by atoms with van der Waals surface area (Å²) in [4.78, 5) is 24.3. The molecule has 5 nitrogen and oxygen atoms in total. The quantitative estimate of drug-likeness (QED) is 0.683. The number of rotatable bonds is 7. The zero-order chi connectivity index (χ0) is 17.6. The minimum Gasteiger partial charge on any atom is -0.347 e. The normalized spacial score (nSPS) is 12.1. The Morgan fingerprint density at radius 1 is 1.29 bits per heavy atom. The fraction of sp³-hybridized carbons (Fsp3) is 0.529. The van der Waals surface area contributed by atoms with Crippen molar-refractivity contribution < 1.29 is 9.59 Å². The molecule has 0 aliphatic carbocycles. The van der Waals surface area contributed by atoms with Crippen LogP contribution in [0.25, 0.3) is 0 Å². The van der Waals surface area contributed by atoms with Crippen molar-refractivity contribution in [2.75, 3.05) is 18.9 Å². The van der Waals surface area contributed by atoms with E-state index in [0.29, 0.717) is 22.8 Å². The fourth-order valence-electron chi connectivity index (χ4n) is 1.90. The van der Waals surface area contributed by atoms with E-state index in [9.17, 15) is 9.59 Å². The molecule has 3 N–H and O–H groups in total. The van der Waals surface area contributed by atoms with Crippen molar-refractivity contribution in [2.45, 2.75) is 39.7 Å². The third-order valence-corrected chi connectivity index (χ3v) is 4.09. The Bertz CT molecular complexity index is 577. The van der Waals surface area contributed by atoms with E-state index in [4.69, 9.17) is 11.6 Å². The molecule has 136 valence electrons. The van der Waals surface area contributed by atoms with Crippen LogP contribution < -0.4 is 16.0 Å². The van der Waals surface area contributed by atoms with Crippen LogP contribution in [0.15, 0.2) is 18.2 Å². The van der Waals surface area contributed by atoms with Crippen LogP contribution in [-0.4, -0.2) is 30.9 Å². The number of hydrogen-bond donors (Lipinski definition) is 3. The van der Waals surface area contributed by atoms with E-state index in [2.05, 4.69) is 16.0 Å². The molecule has 0 heterocycles. The Balaban J connectivity index is 0.00000529. The lowest BCUT2D eigenvalue weighted by Crippen LogP contribution is -2.42. The number of benzene rings is 1. The lowest BCUT2D eigenvalue weighted by atomic mass is 10.0. The molecule has 0 fully saturated rings. The molecule has 0 spiro atoms. The van der Waals surface area contributed by atoms with E-state index in [1.807, 2.05) is 27.7 Å². The molecule has 0 aliphatic rings. The number of hydrogen-bond acceptors (Lipinski definition) is 3. The van der Waals surface area contributed by atoms with Crippen molar-refractivity contribution in [3.63, 3.8) is 0 Å². The summed E-state index contributed by atoms with van der Waals surface area (Å²) in [6, 6.07) is 4.91. The summed E-state index contributed by atoms with van der Waals surface area (Å²) < 4.78 is 0. The van der Waals surface area contributed by atoms with Crippen molar-refractivity contribution in [3.8, 4) is 0 Å². The average Bonchev–Trinajstić information content (AvgIpc) is 2.47. The van der Waals surface area contributed by atoms with Gasteiger partial charge in [0, 0.05) is 23.7 Å². The Morgan fingerprint density at radius 3 is 2.42 bits per heavy atom. The molecule has 1 atom stereocenters. The van der Waals surface area contributed by atoms with Crippen LogP contribution in [0, 0.1) is 5.92 Å². The number of anilines is 1. The second-order valence-corrected chi connectivity index (χ2v) is 6.74. The molecular weight excluding hydrogens is 349 g/mol. The molecule has 0 saturated carbocycles. The summed E-state index contributed by atoms with van der Waals surface area (Å²) in [6.07, 6.45) is 0.813. The third kappa shape index (κ3) is 6.67. The first-order chi connectivity index (χ1) is 10.7. The van der Waals surface area contributed by atoms with Crippen LogP contribution in [0.2, 0.25) is 5.02 Å². The minimum absolute atomic E-state index is 0. The van der Waals surface area contributed by atoms with Gasteiger partial charge in [0.2, 0.25) is 5.91 Å². The van der Waals surface area contributed by atoms with Gasteiger partial charge in [-0.15, -0.1) is 12.4 Å². The van der Waals surface area contributed by atoms with Gasteiger partial charge in [0.25, 0.3) is 5.91 Å². The molecule has 0 radical (unpaired) electrons. The van der Waals surface area contributed by atoms with Gasteiger partial charge in [-0.1, -0.05) is 25.4 Å². The largest absolute Gasteiger partial charge is 0.347 e. The standard InChI is InChI=1S/C17H26ClN3O2.ClH/c1-6-17(3,4)21-16(23)13-8-7-12(9-14(13)18)20-15(22)11(2)10-19-5;/h7-9,11,19H,6,10H2,1-5H3,(H,20,22)(H,21,23);1H. The van der Waals surface area contributed by atoms with Crippen LogP contribution in [-0.2, 0) is 4.79 Å². The van der Waals surface area contributed by atoms with Gasteiger partial charge in [0.05, 0.1) is 10.6 Å². The predicted molar refractivity (Wildman–Crippen MR) is 102 cm³/mol. The van der Waals surface area contributed by atoms with Crippen molar-refractivity contribution in [1.82, 2.24) is 10.6 Å². The van der Waals surface area contributed by atoms with Gasteiger partial charge in [0.1, 0.15) is 0 Å². The van der Waals surface area contributed by atoms with Gasteiger partial charge in [0.15, 0.2) is 0 Å². The van der Waals surface area contributed by atoms with Gasteiger partial charge in [-0.2, -0.15) is 0 Å². The van der Waals surface area contributed by atoms with Gasteiger partial charge in [-0.05, 0) is 45.5 Å². The van der Waals surface area contributed by atoms with Gasteiger partial charge in [-0.3, -0.25) is 9.59 Å². The molecule has 0 saturated heterocycles. The Labute approximate surface area is 155 Å². The van der Waals surface area contributed by atoms with E-state index in [1.54, 1.807) is 25.2 Å². The highest BCUT2D eigenvalue weighted by Crippen LogP contribution is 2.22. The minimum atomic E-state index is -0.296. The second-order valence-electron chi connectivity index (χ2n) is 6.33. The molecule has 0 bridgehead atoms. The van der Waals surface area contributed by atoms with Gasteiger partial charge < -0.3 is 16.0 Å². The lowest BCUT2D eigenvalue weighted by Gasteiger charge is -2.24. The fourth-order valence-corrected chi connectivity index (χ4v) is 2.17. The highest BCUT2D eigenvalue weighted by atomic mass is 35.5. The van der Waals surface area contributed by atoms with Crippen molar-refractivity contribution in [2.24, 2.45) is 5.92 Å². The highest BCUT2D eigenvalue weighted by Gasteiger charge is 2.21.